The second kappa shape index (κ2) is 5.47. The minimum atomic E-state index is 0.392. The molecule has 2 heteroatoms. The van der Waals surface area contributed by atoms with Crippen molar-refractivity contribution >= 4 is 10.9 Å². The van der Waals surface area contributed by atoms with Gasteiger partial charge in [0.2, 0.25) is 0 Å². The monoisotopic (exact) mass is 288 g/mol. The van der Waals surface area contributed by atoms with E-state index in [4.69, 9.17) is 0 Å². The van der Waals surface area contributed by atoms with E-state index in [1.807, 2.05) is 0 Å². The van der Waals surface area contributed by atoms with Gasteiger partial charge in [-0.15, -0.1) is 6.58 Å². The van der Waals surface area contributed by atoms with Gasteiger partial charge in [-0.25, -0.2) is 0 Å². The molecule has 1 N–H and O–H groups in total. The fourth-order valence-electron chi connectivity index (χ4n) is 3.58. The summed E-state index contributed by atoms with van der Waals surface area (Å²) in [5, 5.41) is 1.35. The Morgan fingerprint density at radius 3 is 2.68 bits per heavy atom. The molecule has 1 atom stereocenters. The summed E-state index contributed by atoms with van der Waals surface area (Å²) in [4.78, 5) is 6.11. The van der Waals surface area contributed by atoms with E-state index in [0.717, 1.165) is 19.6 Å². The van der Waals surface area contributed by atoms with Gasteiger partial charge >= 0.3 is 0 Å². The van der Waals surface area contributed by atoms with Crippen LogP contribution in [-0.4, -0.2) is 16.4 Å². The van der Waals surface area contributed by atoms with Crippen LogP contribution in [0.1, 0.15) is 22.7 Å². The number of rotatable bonds is 3. The molecule has 0 saturated heterocycles. The Bertz CT molecular complexity index is 801. The van der Waals surface area contributed by atoms with E-state index >= 15 is 0 Å². The van der Waals surface area contributed by atoms with E-state index in [2.05, 4.69) is 77.1 Å². The van der Waals surface area contributed by atoms with Gasteiger partial charge in [0.1, 0.15) is 0 Å². The number of nitrogens with zero attached hydrogens (tertiary/aromatic N) is 1. The standard InChI is InChI=1S/C20H20N2/c1-2-16-13-22(12-15-8-4-3-5-9-15)14-19-20(16)17-10-6-7-11-18(17)21-19/h2-11,16,21H,1,12-14H2/t16-/m0/s1. The smallest absolute Gasteiger partial charge is 0.0459 e. The zero-order chi connectivity index (χ0) is 14.9. The van der Waals surface area contributed by atoms with E-state index in [0.29, 0.717) is 5.92 Å². The van der Waals surface area contributed by atoms with Crippen molar-refractivity contribution in [3.63, 3.8) is 0 Å². The summed E-state index contributed by atoms with van der Waals surface area (Å²) < 4.78 is 0. The fourth-order valence-corrected chi connectivity index (χ4v) is 3.58. The van der Waals surface area contributed by atoms with Gasteiger partial charge in [-0.2, -0.15) is 0 Å². The molecule has 4 rings (SSSR count). The Balaban J connectivity index is 1.69. The van der Waals surface area contributed by atoms with Gasteiger partial charge in [-0.05, 0) is 17.2 Å². The van der Waals surface area contributed by atoms with Gasteiger partial charge in [0.15, 0.2) is 0 Å². The van der Waals surface area contributed by atoms with E-state index in [-0.39, 0.29) is 0 Å². The maximum Gasteiger partial charge on any atom is 0.0459 e. The second-order valence-electron chi connectivity index (χ2n) is 6.06. The average Bonchev–Trinajstić information content (AvgIpc) is 2.93. The van der Waals surface area contributed by atoms with Crippen LogP contribution < -0.4 is 0 Å². The summed E-state index contributed by atoms with van der Waals surface area (Å²) >= 11 is 0. The molecule has 1 aromatic heterocycles. The summed E-state index contributed by atoms with van der Waals surface area (Å²) in [5.41, 5.74) is 5.38. The number of H-pyrrole nitrogens is 1. The lowest BCUT2D eigenvalue weighted by Gasteiger charge is -2.31. The molecule has 0 bridgehead atoms. The second-order valence-corrected chi connectivity index (χ2v) is 6.06. The highest BCUT2D eigenvalue weighted by Crippen LogP contribution is 2.35. The zero-order valence-corrected chi connectivity index (χ0v) is 12.6. The molecule has 1 aliphatic heterocycles. The number of hydrogen-bond acceptors (Lipinski definition) is 1. The molecule has 0 radical (unpaired) electrons. The third kappa shape index (κ3) is 2.26. The summed E-state index contributed by atoms with van der Waals surface area (Å²) in [5.74, 6) is 0.392. The van der Waals surface area contributed by atoms with Crippen LogP contribution in [0.3, 0.4) is 0 Å². The summed E-state index contributed by atoms with van der Waals surface area (Å²) in [6, 6.07) is 19.3. The molecular weight excluding hydrogens is 268 g/mol. The highest BCUT2D eigenvalue weighted by Gasteiger charge is 2.26. The third-order valence-electron chi connectivity index (χ3n) is 4.57. The average molecular weight is 288 g/mol. The predicted octanol–water partition coefficient (Wildman–Crippen LogP) is 4.45. The van der Waals surface area contributed by atoms with Crippen molar-refractivity contribution in [2.45, 2.75) is 19.0 Å². The molecule has 0 unspecified atom stereocenters. The number of nitrogens with one attached hydrogen (secondary N) is 1. The quantitative estimate of drug-likeness (QED) is 0.705. The van der Waals surface area contributed by atoms with Crippen molar-refractivity contribution < 1.29 is 0 Å². The van der Waals surface area contributed by atoms with E-state index in [1.54, 1.807) is 0 Å². The molecule has 110 valence electrons. The topological polar surface area (TPSA) is 19.0 Å². The van der Waals surface area contributed by atoms with Crippen molar-refractivity contribution in [2.75, 3.05) is 6.54 Å². The summed E-state index contributed by atoms with van der Waals surface area (Å²) in [6.07, 6.45) is 2.09. The van der Waals surface area contributed by atoms with Crippen LogP contribution >= 0.6 is 0 Å². The van der Waals surface area contributed by atoms with Gasteiger partial charge < -0.3 is 4.98 Å². The molecule has 0 fully saturated rings. The predicted molar refractivity (Wildman–Crippen MR) is 91.8 cm³/mol. The first-order chi connectivity index (χ1) is 10.8. The van der Waals surface area contributed by atoms with Crippen molar-refractivity contribution in [3.05, 3.63) is 84.1 Å². The Labute approximate surface area is 131 Å². The molecule has 0 saturated carbocycles. The van der Waals surface area contributed by atoms with Crippen LogP contribution in [0.2, 0.25) is 0 Å². The van der Waals surface area contributed by atoms with Gasteiger partial charge in [0, 0.05) is 42.1 Å². The van der Waals surface area contributed by atoms with Crippen LogP contribution in [0.25, 0.3) is 10.9 Å². The number of aromatic nitrogens is 1. The number of hydrogen-bond donors (Lipinski definition) is 1. The van der Waals surface area contributed by atoms with Crippen LogP contribution in [0.15, 0.2) is 67.3 Å². The van der Waals surface area contributed by atoms with Crippen molar-refractivity contribution in [1.82, 2.24) is 9.88 Å². The van der Waals surface area contributed by atoms with E-state index in [1.165, 1.54) is 27.7 Å². The van der Waals surface area contributed by atoms with Gasteiger partial charge in [0.05, 0.1) is 0 Å². The van der Waals surface area contributed by atoms with Crippen LogP contribution in [0.5, 0.6) is 0 Å². The van der Waals surface area contributed by atoms with Crippen LogP contribution in [-0.2, 0) is 13.1 Å². The van der Waals surface area contributed by atoms with Gasteiger partial charge in [-0.1, -0.05) is 54.6 Å². The molecule has 0 spiro atoms. The summed E-state index contributed by atoms with van der Waals surface area (Å²) in [7, 11) is 0. The SMILES string of the molecule is C=C[C@H]1CN(Cc2ccccc2)Cc2[nH]c3ccccc3c21. The largest absolute Gasteiger partial charge is 0.357 e. The number of benzene rings is 2. The minimum absolute atomic E-state index is 0.392. The fraction of sp³-hybridized carbons (Fsp3) is 0.200. The van der Waals surface area contributed by atoms with Crippen LogP contribution in [0, 0.1) is 0 Å². The summed E-state index contributed by atoms with van der Waals surface area (Å²) in [6.45, 7) is 7.07. The molecule has 1 aliphatic rings. The van der Waals surface area contributed by atoms with E-state index in [9.17, 15) is 0 Å². The number of aromatic amines is 1. The first-order valence-corrected chi connectivity index (χ1v) is 7.83. The zero-order valence-electron chi connectivity index (χ0n) is 12.6. The first kappa shape index (κ1) is 13.4. The third-order valence-corrected chi connectivity index (χ3v) is 4.57. The Kier molecular flexibility index (Phi) is 3.32. The number of para-hydroxylation sites is 1. The molecule has 2 aromatic carbocycles. The lowest BCUT2D eigenvalue weighted by Crippen LogP contribution is -2.32. The minimum Gasteiger partial charge on any atom is -0.357 e. The Morgan fingerprint density at radius 1 is 1.09 bits per heavy atom. The lowest BCUT2D eigenvalue weighted by molar-refractivity contribution is 0.232. The van der Waals surface area contributed by atoms with Gasteiger partial charge in [0.25, 0.3) is 0 Å². The van der Waals surface area contributed by atoms with Crippen molar-refractivity contribution in [2.24, 2.45) is 0 Å². The molecule has 0 aliphatic carbocycles. The highest BCUT2D eigenvalue weighted by molar-refractivity contribution is 5.85. The maximum absolute atomic E-state index is 4.07. The van der Waals surface area contributed by atoms with Crippen molar-refractivity contribution in [3.8, 4) is 0 Å². The van der Waals surface area contributed by atoms with Gasteiger partial charge in [-0.3, -0.25) is 4.90 Å². The molecule has 3 aromatic rings. The molecule has 2 heterocycles. The Hall–Kier alpha value is -2.32. The van der Waals surface area contributed by atoms with Crippen molar-refractivity contribution in [1.29, 1.82) is 0 Å². The lowest BCUT2D eigenvalue weighted by atomic mass is 9.91. The normalized spacial score (nSPS) is 18.3. The van der Waals surface area contributed by atoms with Crippen LogP contribution in [0.4, 0.5) is 0 Å². The molecule has 2 nitrogen and oxygen atoms in total. The number of fused-ring (bicyclic) bond motifs is 3. The molecule has 0 amide bonds. The Morgan fingerprint density at radius 2 is 1.86 bits per heavy atom. The maximum atomic E-state index is 4.07. The molecular formula is C20H20N2. The van der Waals surface area contributed by atoms with E-state index < -0.39 is 0 Å². The first-order valence-electron chi connectivity index (χ1n) is 7.83. The molecule has 22 heavy (non-hydrogen) atoms. The highest BCUT2D eigenvalue weighted by atomic mass is 15.1.